The second-order valence-corrected chi connectivity index (χ2v) is 5.48. The van der Waals surface area contributed by atoms with E-state index in [0.717, 1.165) is 6.42 Å². The molecule has 0 aliphatic heterocycles. The maximum Gasteiger partial charge on any atom is 0.234 e. The van der Waals surface area contributed by atoms with Crippen molar-refractivity contribution in [3.05, 3.63) is 28.3 Å². The second kappa shape index (κ2) is 8.00. The molecule has 0 aliphatic carbocycles. The summed E-state index contributed by atoms with van der Waals surface area (Å²) in [6.07, 6.45) is 0.881. The molecule has 116 valence electrons. The summed E-state index contributed by atoms with van der Waals surface area (Å²) >= 11 is 5.96. The van der Waals surface area contributed by atoms with Crippen molar-refractivity contribution in [2.45, 2.75) is 26.8 Å². The van der Waals surface area contributed by atoms with Gasteiger partial charge in [0.25, 0.3) is 0 Å². The van der Waals surface area contributed by atoms with E-state index in [9.17, 15) is 14.7 Å². The summed E-state index contributed by atoms with van der Waals surface area (Å²) in [7, 11) is 1.76. The molecule has 0 atom stereocenters. The third-order valence-corrected chi connectivity index (χ3v) is 3.18. The first-order chi connectivity index (χ1) is 9.85. The zero-order chi connectivity index (χ0) is 16.0. The number of rotatable bonds is 7. The molecule has 6 heteroatoms. The highest BCUT2D eigenvalue weighted by atomic mass is 35.5. The average molecular weight is 313 g/mol. The van der Waals surface area contributed by atoms with E-state index in [1.807, 2.05) is 6.92 Å². The molecule has 0 unspecified atom stereocenters. The largest absolute Gasteiger partial charge is 0.507 e. The lowest BCUT2D eigenvalue weighted by Gasteiger charge is -2.18. The Morgan fingerprint density at radius 3 is 2.62 bits per heavy atom. The van der Waals surface area contributed by atoms with Gasteiger partial charge in [0.05, 0.1) is 12.1 Å². The predicted molar refractivity (Wildman–Crippen MR) is 82.8 cm³/mol. The number of benzene rings is 1. The molecule has 0 aromatic heterocycles. The van der Waals surface area contributed by atoms with Gasteiger partial charge in [-0.05, 0) is 32.5 Å². The number of amides is 1. The number of Topliss-reactive ketones (excluding diaryl/α,β-unsaturated/α-hetero) is 1. The molecule has 1 rings (SSSR count). The summed E-state index contributed by atoms with van der Waals surface area (Å²) < 4.78 is 0. The van der Waals surface area contributed by atoms with Crippen molar-refractivity contribution in [1.82, 2.24) is 10.2 Å². The van der Waals surface area contributed by atoms with Crippen LogP contribution in [0.5, 0.6) is 5.75 Å². The fourth-order valence-electron chi connectivity index (χ4n) is 1.96. The molecule has 0 saturated carbocycles. The summed E-state index contributed by atoms with van der Waals surface area (Å²) in [4.78, 5) is 24.8. The minimum absolute atomic E-state index is 0.0762. The van der Waals surface area contributed by atoms with E-state index in [1.54, 1.807) is 18.0 Å². The Hall–Kier alpha value is -1.59. The molecule has 1 aromatic carbocycles. The maximum absolute atomic E-state index is 11.6. The number of aromatic hydroxyl groups is 1. The lowest BCUT2D eigenvalue weighted by Crippen LogP contribution is -2.35. The molecule has 0 saturated heterocycles. The third-order valence-electron chi connectivity index (χ3n) is 2.96. The van der Waals surface area contributed by atoms with Gasteiger partial charge in [0.2, 0.25) is 5.91 Å². The number of carbonyl (C=O) groups excluding carboxylic acids is 2. The fourth-order valence-corrected chi connectivity index (χ4v) is 2.20. The quantitative estimate of drug-likeness (QED) is 0.757. The highest BCUT2D eigenvalue weighted by Crippen LogP contribution is 2.28. The number of likely N-dealkylation sites (N-methyl/N-ethyl adjacent to an activating group) is 1. The second-order valence-electron chi connectivity index (χ2n) is 5.04. The van der Waals surface area contributed by atoms with Crippen LogP contribution in [0.25, 0.3) is 0 Å². The highest BCUT2D eigenvalue weighted by molar-refractivity contribution is 6.31. The van der Waals surface area contributed by atoms with Crippen LogP contribution in [-0.2, 0) is 11.3 Å². The van der Waals surface area contributed by atoms with Gasteiger partial charge >= 0.3 is 0 Å². The third kappa shape index (κ3) is 5.36. The zero-order valence-corrected chi connectivity index (χ0v) is 13.3. The fraction of sp³-hybridized carbons (Fsp3) is 0.467. The van der Waals surface area contributed by atoms with Crippen LogP contribution in [0.3, 0.4) is 0 Å². The molecule has 1 aromatic rings. The van der Waals surface area contributed by atoms with Crippen molar-refractivity contribution in [1.29, 1.82) is 0 Å². The Balaban J connectivity index is 2.78. The van der Waals surface area contributed by atoms with Gasteiger partial charge in [-0.25, -0.2) is 0 Å². The van der Waals surface area contributed by atoms with Crippen molar-refractivity contribution < 1.29 is 14.7 Å². The van der Waals surface area contributed by atoms with E-state index in [1.165, 1.54) is 13.0 Å². The summed E-state index contributed by atoms with van der Waals surface area (Å²) in [6, 6.07) is 3.04. The van der Waals surface area contributed by atoms with Crippen molar-refractivity contribution in [3.63, 3.8) is 0 Å². The van der Waals surface area contributed by atoms with Crippen LogP contribution in [0.4, 0.5) is 0 Å². The maximum atomic E-state index is 11.6. The van der Waals surface area contributed by atoms with Crippen molar-refractivity contribution in [2.24, 2.45) is 0 Å². The van der Waals surface area contributed by atoms with Crippen LogP contribution in [-0.4, -0.2) is 41.8 Å². The first-order valence-corrected chi connectivity index (χ1v) is 7.20. The van der Waals surface area contributed by atoms with Crippen molar-refractivity contribution in [3.8, 4) is 5.75 Å². The summed E-state index contributed by atoms with van der Waals surface area (Å²) in [5, 5.41) is 13.3. The van der Waals surface area contributed by atoms with E-state index in [-0.39, 0.29) is 29.5 Å². The van der Waals surface area contributed by atoms with E-state index in [2.05, 4.69) is 5.32 Å². The van der Waals surface area contributed by atoms with Gasteiger partial charge in [-0.3, -0.25) is 14.5 Å². The van der Waals surface area contributed by atoms with Gasteiger partial charge in [0.15, 0.2) is 5.78 Å². The molecule has 0 bridgehead atoms. The first kappa shape index (κ1) is 17.5. The van der Waals surface area contributed by atoms with Crippen LogP contribution in [0.15, 0.2) is 12.1 Å². The molecular weight excluding hydrogens is 292 g/mol. The number of carbonyl (C=O) groups is 2. The van der Waals surface area contributed by atoms with Crippen LogP contribution in [0.2, 0.25) is 5.02 Å². The van der Waals surface area contributed by atoms with Gasteiger partial charge in [-0.2, -0.15) is 0 Å². The predicted octanol–water partition coefficient (Wildman–Crippen LogP) is 2.21. The van der Waals surface area contributed by atoms with Crippen LogP contribution < -0.4 is 5.32 Å². The number of nitrogens with one attached hydrogen (secondary N) is 1. The number of phenols is 1. The van der Waals surface area contributed by atoms with Gasteiger partial charge in [0, 0.05) is 23.7 Å². The Kier molecular flexibility index (Phi) is 6.65. The van der Waals surface area contributed by atoms with Crippen LogP contribution in [0, 0.1) is 0 Å². The van der Waals surface area contributed by atoms with E-state index in [4.69, 9.17) is 11.6 Å². The average Bonchev–Trinajstić information content (AvgIpc) is 2.39. The Morgan fingerprint density at radius 2 is 2.05 bits per heavy atom. The van der Waals surface area contributed by atoms with Gasteiger partial charge < -0.3 is 10.4 Å². The Morgan fingerprint density at radius 1 is 1.38 bits per heavy atom. The molecule has 2 N–H and O–H groups in total. The number of ketones is 1. The number of halogens is 1. The lowest BCUT2D eigenvalue weighted by atomic mass is 10.1. The molecule has 0 radical (unpaired) electrons. The first-order valence-electron chi connectivity index (χ1n) is 6.82. The number of nitrogens with zero attached hydrogens (tertiary/aromatic N) is 1. The van der Waals surface area contributed by atoms with Crippen molar-refractivity contribution in [2.75, 3.05) is 20.1 Å². The minimum Gasteiger partial charge on any atom is -0.507 e. The number of phenolic OH excluding ortho intramolecular Hbond substituents is 1. The number of hydrogen-bond donors (Lipinski definition) is 2. The standard InChI is InChI=1S/C15H21ClN2O3/c1-4-5-17-14(20)9-18(3)8-11-6-12(16)7-13(10(2)19)15(11)21/h6-7,21H,4-5,8-9H2,1-3H3,(H,17,20). The molecule has 0 spiro atoms. The summed E-state index contributed by atoms with van der Waals surface area (Å²) in [5.74, 6) is -0.403. The Bertz CT molecular complexity index is 532. The summed E-state index contributed by atoms with van der Waals surface area (Å²) in [6.45, 7) is 4.53. The van der Waals surface area contributed by atoms with Crippen LogP contribution in [0.1, 0.15) is 36.2 Å². The smallest absolute Gasteiger partial charge is 0.234 e. The van der Waals surface area contributed by atoms with Gasteiger partial charge in [-0.15, -0.1) is 0 Å². The number of hydrogen-bond acceptors (Lipinski definition) is 4. The monoisotopic (exact) mass is 312 g/mol. The summed E-state index contributed by atoms with van der Waals surface area (Å²) in [5.41, 5.74) is 0.722. The molecule has 0 fully saturated rings. The molecule has 21 heavy (non-hydrogen) atoms. The Labute approximate surface area is 129 Å². The van der Waals surface area contributed by atoms with Crippen LogP contribution >= 0.6 is 11.6 Å². The minimum atomic E-state index is -0.250. The molecular formula is C15H21ClN2O3. The molecule has 0 aliphatic rings. The SMILES string of the molecule is CCCNC(=O)CN(C)Cc1cc(Cl)cc(C(C)=O)c1O. The van der Waals surface area contributed by atoms with Gasteiger partial charge in [-0.1, -0.05) is 18.5 Å². The van der Waals surface area contributed by atoms with E-state index in [0.29, 0.717) is 23.7 Å². The zero-order valence-electron chi connectivity index (χ0n) is 12.6. The van der Waals surface area contributed by atoms with E-state index >= 15 is 0 Å². The highest BCUT2D eigenvalue weighted by Gasteiger charge is 2.15. The van der Waals surface area contributed by atoms with Gasteiger partial charge in [0.1, 0.15) is 5.75 Å². The molecule has 1 amide bonds. The lowest BCUT2D eigenvalue weighted by molar-refractivity contribution is -0.122. The topological polar surface area (TPSA) is 69.6 Å². The van der Waals surface area contributed by atoms with E-state index < -0.39 is 0 Å². The normalized spacial score (nSPS) is 10.7. The molecule has 0 heterocycles. The van der Waals surface area contributed by atoms with Crippen molar-refractivity contribution >= 4 is 23.3 Å². The molecule has 5 nitrogen and oxygen atoms in total.